The lowest BCUT2D eigenvalue weighted by molar-refractivity contribution is -0.129. The lowest BCUT2D eigenvalue weighted by Crippen LogP contribution is -2.48. The zero-order valence-electron chi connectivity index (χ0n) is 11.8. The van der Waals surface area contributed by atoms with E-state index in [9.17, 15) is 4.79 Å². The first-order valence-electron chi connectivity index (χ1n) is 6.66. The van der Waals surface area contributed by atoms with Gasteiger partial charge in [-0.15, -0.1) is 0 Å². The Hall–Kier alpha value is -1.85. The summed E-state index contributed by atoms with van der Waals surface area (Å²) in [5.41, 5.74) is 6.86. The summed E-state index contributed by atoms with van der Waals surface area (Å²) >= 11 is 0. The Labute approximate surface area is 113 Å². The number of carbonyl (C=O) groups excluding carboxylic acids is 1. The zero-order valence-corrected chi connectivity index (χ0v) is 11.8. The van der Waals surface area contributed by atoms with Crippen LogP contribution >= 0.6 is 0 Å². The Morgan fingerprint density at radius 3 is 2.42 bits per heavy atom. The van der Waals surface area contributed by atoms with Crippen LogP contribution < -0.4 is 10.6 Å². The highest BCUT2D eigenvalue weighted by atomic mass is 16.2. The summed E-state index contributed by atoms with van der Waals surface area (Å²) in [4.78, 5) is 24.2. The highest BCUT2D eigenvalue weighted by molar-refractivity contribution is 5.73. The second kappa shape index (κ2) is 5.42. The normalized spacial score (nSPS) is 15.7. The molecule has 0 unspecified atom stereocenters. The molecule has 1 saturated heterocycles. The van der Waals surface area contributed by atoms with Gasteiger partial charge in [0.15, 0.2) is 0 Å². The molecule has 104 valence electrons. The van der Waals surface area contributed by atoms with Crippen LogP contribution in [0.3, 0.4) is 0 Å². The number of piperazine rings is 1. The number of carbonyl (C=O) groups is 1. The smallest absolute Gasteiger partial charge is 0.219 e. The van der Waals surface area contributed by atoms with E-state index in [1.165, 1.54) is 0 Å². The molecule has 0 spiro atoms. The molecule has 2 N–H and O–H groups in total. The Morgan fingerprint density at radius 1 is 1.26 bits per heavy atom. The van der Waals surface area contributed by atoms with Crippen molar-refractivity contribution < 1.29 is 4.79 Å². The standard InChI is InChI=1S/C13H21N5O/c1-4-11-15-12(14)9(2)13(16-11)18-7-5-17(6-8-18)10(3)19/h4-8H2,1-3H3,(H2,14,15,16). The van der Waals surface area contributed by atoms with E-state index in [1.807, 2.05) is 18.7 Å². The molecule has 19 heavy (non-hydrogen) atoms. The molecule has 2 heterocycles. The first kappa shape index (κ1) is 13.6. The number of rotatable bonds is 2. The van der Waals surface area contributed by atoms with E-state index in [4.69, 9.17) is 5.73 Å². The van der Waals surface area contributed by atoms with E-state index in [0.29, 0.717) is 5.82 Å². The van der Waals surface area contributed by atoms with Gasteiger partial charge in [-0.05, 0) is 6.92 Å². The van der Waals surface area contributed by atoms with Gasteiger partial charge in [-0.25, -0.2) is 9.97 Å². The molecule has 0 bridgehead atoms. The molecule has 0 saturated carbocycles. The second-order valence-corrected chi connectivity index (χ2v) is 4.82. The van der Waals surface area contributed by atoms with Crippen molar-refractivity contribution in [1.29, 1.82) is 0 Å². The van der Waals surface area contributed by atoms with Gasteiger partial charge in [-0.3, -0.25) is 4.79 Å². The third kappa shape index (κ3) is 2.77. The monoisotopic (exact) mass is 263 g/mol. The lowest BCUT2D eigenvalue weighted by Gasteiger charge is -2.35. The van der Waals surface area contributed by atoms with Crippen LogP contribution in [0.25, 0.3) is 0 Å². The van der Waals surface area contributed by atoms with Crippen LogP contribution in [0.2, 0.25) is 0 Å². The summed E-state index contributed by atoms with van der Waals surface area (Å²) in [6.07, 6.45) is 0.769. The number of nitrogens with zero attached hydrogens (tertiary/aromatic N) is 4. The van der Waals surface area contributed by atoms with Crippen molar-refractivity contribution in [2.45, 2.75) is 27.2 Å². The van der Waals surface area contributed by atoms with Gasteiger partial charge in [0.1, 0.15) is 17.5 Å². The van der Waals surface area contributed by atoms with Gasteiger partial charge in [0, 0.05) is 45.1 Å². The van der Waals surface area contributed by atoms with E-state index in [0.717, 1.165) is 49.8 Å². The molecule has 0 atom stereocenters. The molecule has 1 aliphatic heterocycles. The quantitative estimate of drug-likeness (QED) is 0.845. The number of amides is 1. The largest absolute Gasteiger partial charge is 0.383 e. The Morgan fingerprint density at radius 2 is 1.89 bits per heavy atom. The molecule has 0 aromatic carbocycles. The Kier molecular flexibility index (Phi) is 3.87. The zero-order chi connectivity index (χ0) is 14.0. The second-order valence-electron chi connectivity index (χ2n) is 4.82. The molecular weight excluding hydrogens is 242 g/mol. The third-order valence-corrected chi connectivity index (χ3v) is 3.54. The first-order valence-corrected chi connectivity index (χ1v) is 6.66. The van der Waals surface area contributed by atoms with Crippen LogP contribution in [0.5, 0.6) is 0 Å². The fourth-order valence-corrected chi connectivity index (χ4v) is 2.27. The number of nitrogens with two attached hydrogens (primary N) is 1. The fraction of sp³-hybridized carbons (Fsp3) is 0.615. The van der Waals surface area contributed by atoms with Crippen LogP contribution in [0.1, 0.15) is 25.2 Å². The van der Waals surface area contributed by atoms with Gasteiger partial charge in [0.25, 0.3) is 0 Å². The Bertz CT molecular complexity index is 480. The van der Waals surface area contributed by atoms with E-state index in [1.54, 1.807) is 6.92 Å². The average Bonchev–Trinajstić information content (AvgIpc) is 2.41. The maximum Gasteiger partial charge on any atom is 0.219 e. The van der Waals surface area contributed by atoms with Crippen LogP contribution in [-0.4, -0.2) is 47.0 Å². The maximum absolute atomic E-state index is 11.3. The van der Waals surface area contributed by atoms with Crippen molar-refractivity contribution >= 4 is 17.5 Å². The summed E-state index contributed by atoms with van der Waals surface area (Å²) in [6.45, 7) is 8.63. The topological polar surface area (TPSA) is 75.3 Å². The number of hydrogen-bond donors (Lipinski definition) is 1. The van der Waals surface area contributed by atoms with E-state index in [2.05, 4.69) is 14.9 Å². The van der Waals surface area contributed by atoms with Crippen molar-refractivity contribution in [2.75, 3.05) is 36.8 Å². The van der Waals surface area contributed by atoms with Crippen molar-refractivity contribution in [3.63, 3.8) is 0 Å². The number of aromatic nitrogens is 2. The third-order valence-electron chi connectivity index (χ3n) is 3.54. The van der Waals surface area contributed by atoms with E-state index >= 15 is 0 Å². The number of aryl methyl sites for hydroxylation is 1. The fourth-order valence-electron chi connectivity index (χ4n) is 2.27. The van der Waals surface area contributed by atoms with Gasteiger partial charge in [-0.1, -0.05) is 6.92 Å². The molecule has 6 heteroatoms. The van der Waals surface area contributed by atoms with Gasteiger partial charge >= 0.3 is 0 Å². The highest BCUT2D eigenvalue weighted by Crippen LogP contribution is 2.22. The summed E-state index contributed by atoms with van der Waals surface area (Å²) in [5, 5.41) is 0. The molecule has 6 nitrogen and oxygen atoms in total. The summed E-state index contributed by atoms with van der Waals surface area (Å²) in [7, 11) is 0. The predicted molar refractivity (Wildman–Crippen MR) is 75.0 cm³/mol. The summed E-state index contributed by atoms with van der Waals surface area (Å²) in [6, 6.07) is 0. The number of hydrogen-bond acceptors (Lipinski definition) is 5. The molecule has 1 aromatic heterocycles. The lowest BCUT2D eigenvalue weighted by atomic mass is 10.2. The van der Waals surface area contributed by atoms with Crippen LogP contribution in [0, 0.1) is 6.92 Å². The highest BCUT2D eigenvalue weighted by Gasteiger charge is 2.22. The first-order chi connectivity index (χ1) is 9.02. The van der Waals surface area contributed by atoms with Crippen LogP contribution in [0.15, 0.2) is 0 Å². The molecule has 1 aliphatic rings. The molecule has 1 fully saturated rings. The summed E-state index contributed by atoms with van der Waals surface area (Å²) < 4.78 is 0. The molecule has 0 aliphatic carbocycles. The van der Waals surface area contributed by atoms with E-state index in [-0.39, 0.29) is 5.91 Å². The minimum absolute atomic E-state index is 0.132. The van der Waals surface area contributed by atoms with Crippen molar-refractivity contribution in [1.82, 2.24) is 14.9 Å². The molecule has 2 rings (SSSR count). The molecule has 0 radical (unpaired) electrons. The minimum Gasteiger partial charge on any atom is -0.383 e. The van der Waals surface area contributed by atoms with Crippen molar-refractivity contribution in [3.8, 4) is 0 Å². The van der Waals surface area contributed by atoms with Crippen molar-refractivity contribution in [3.05, 3.63) is 11.4 Å². The van der Waals surface area contributed by atoms with Crippen molar-refractivity contribution in [2.24, 2.45) is 0 Å². The molecule has 1 aromatic rings. The van der Waals surface area contributed by atoms with Crippen LogP contribution in [-0.2, 0) is 11.2 Å². The summed E-state index contributed by atoms with van der Waals surface area (Å²) in [5.74, 6) is 2.36. The van der Waals surface area contributed by atoms with Gasteiger partial charge in [0.05, 0.1) is 0 Å². The van der Waals surface area contributed by atoms with Crippen LogP contribution in [0.4, 0.5) is 11.6 Å². The predicted octanol–water partition coefficient (Wildman–Crippen LogP) is 0.598. The van der Waals surface area contributed by atoms with E-state index < -0.39 is 0 Å². The SMILES string of the molecule is CCc1nc(N)c(C)c(N2CCN(C(C)=O)CC2)n1. The number of nitrogen functional groups attached to an aromatic ring is 1. The Balaban J connectivity index is 2.19. The van der Waals surface area contributed by atoms with Gasteiger partial charge in [0.2, 0.25) is 5.91 Å². The average molecular weight is 263 g/mol. The van der Waals surface area contributed by atoms with Gasteiger partial charge in [-0.2, -0.15) is 0 Å². The molecule has 1 amide bonds. The number of anilines is 2. The molecular formula is C13H21N5O. The minimum atomic E-state index is 0.132. The maximum atomic E-state index is 11.3. The van der Waals surface area contributed by atoms with Gasteiger partial charge < -0.3 is 15.5 Å².